The van der Waals surface area contributed by atoms with Crippen LogP contribution >= 0.6 is 11.6 Å². The lowest BCUT2D eigenvalue weighted by atomic mass is 9.57. The van der Waals surface area contributed by atoms with Gasteiger partial charge in [-0.15, -0.1) is 0 Å². The van der Waals surface area contributed by atoms with Crippen molar-refractivity contribution < 1.29 is 4.39 Å². The summed E-state index contributed by atoms with van der Waals surface area (Å²) in [6.07, 6.45) is 2.69. The van der Waals surface area contributed by atoms with Gasteiger partial charge in [0.05, 0.1) is 0 Å². The van der Waals surface area contributed by atoms with Gasteiger partial charge >= 0.3 is 0 Å². The van der Waals surface area contributed by atoms with Crippen molar-refractivity contribution in [3.63, 3.8) is 0 Å². The number of benzene rings is 1. The van der Waals surface area contributed by atoms with Gasteiger partial charge in [0.25, 0.3) is 0 Å². The van der Waals surface area contributed by atoms with E-state index in [1.165, 1.54) is 6.07 Å². The van der Waals surface area contributed by atoms with Gasteiger partial charge in [-0.25, -0.2) is 4.39 Å². The minimum absolute atomic E-state index is 0.114. The molecule has 0 atom stereocenters. The number of halogens is 2. The smallest absolute Gasteiger partial charge is 0.129 e. The number of rotatable bonds is 1. The van der Waals surface area contributed by atoms with Crippen LogP contribution in [0.15, 0.2) is 18.2 Å². The van der Waals surface area contributed by atoms with E-state index in [4.69, 9.17) is 17.3 Å². The Morgan fingerprint density at radius 1 is 1.05 bits per heavy atom. The van der Waals surface area contributed by atoms with Gasteiger partial charge in [-0.3, -0.25) is 0 Å². The SMILES string of the molecule is CC1(C)CC(C)(C)CC(N)(c2ccc(Cl)cc2F)C1. The van der Waals surface area contributed by atoms with E-state index in [1.54, 1.807) is 12.1 Å². The summed E-state index contributed by atoms with van der Waals surface area (Å²) < 4.78 is 14.2. The average Bonchev–Trinajstić information content (AvgIpc) is 2.09. The molecule has 0 radical (unpaired) electrons. The Morgan fingerprint density at radius 2 is 1.58 bits per heavy atom. The predicted octanol–water partition coefficient (Wildman–Crippen LogP) is 4.87. The van der Waals surface area contributed by atoms with Crippen LogP contribution < -0.4 is 5.73 Å². The molecular weight excluding hydrogens is 261 g/mol. The van der Waals surface area contributed by atoms with Gasteiger partial charge in [0.1, 0.15) is 5.82 Å². The molecule has 1 fully saturated rings. The molecule has 1 aromatic rings. The largest absolute Gasteiger partial charge is 0.321 e. The van der Waals surface area contributed by atoms with E-state index >= 15 is 0 Å². The maximum absolute atomic E-state index is 14.2. The van der Waals surface area contributed by atoms with Crippen molar-refractivity contribution in [1.82, 2.24) is 0 Å². The molecular formula is C16H23ClFN. The van der Waals surface area contributed by atoms with Gasteiger partial charge in [0.2, 0.25) is 0 Å². The molecule has 0 unspecified atom stereocenters. The Hall–Kier alpha value is -0.600. The minimum atomic E-state index is -0.611. The van der Waals surface area contributed by atoms with Gasteiger partial charge in [-0.2, -0.15) is 0 Å². The second-order valence-electron chi connectivity index (χ2n) is 7.64. The van der Waals surface area contributed by atoms with E-state index in [-0.39, 0.29) is 16.6 Å². The van der Waals surface area contributed by atoms with Crippen molar-refractivity contribution in [2.45, 2.75) is 52.5 Å². The molecule has 0 amide bonds. The fourth-order valence-electron chi connectivity index (χ4n) is 4.27. The monoisotopic (exact) mass is 283 g/mol. The van der Waals surface area contributed by atoms with Gasteiger partial charge in [0.15, 0.2) is 0 Å². The summed E-state index contributed by atoms with van der Waals surface area (Å²) >= 11 is 5.83. The van der Waals surface area contributed by atoms with E-state index in [9.17, 15) is 4.39 Å². The molecule has 1 nitrogen and oxygen atoms in total. The lowest BCUT2D eigenvalue weighted by Crippen LogP contribution is -2.50. The third-order valence-electron chi connectivity index (χ3n) is 4.01. The molecule has 19 heavy (non-hydrogen) atoms. The van der Waals surface area contributed by atoms with Crippen LogP contribution in [0, 0.1) is 16.6 Å². The van der Waals surface area contributed by atoms with Crippen LogP contribution in [0.4, 0.5) is 4.39 Å². The van der Waals surface area contributed by atoms with Gasteiger partial charge in [0, 0.05) is 16.1 Å². The van der Waals surface area contributed by atoms with E-state index in [1.807, 2.05) is 0 Å². The molecule has 2 rings (SSSR count). The highest BCUT2D eigenvalue weighted by molar-refractivity contribution is 6.30. The zero-order valence-electron chi connectivity index (χ0n) is 12.2. The summed E-state index contributed by atoms with van der Waals surface area (Å²) in [4.78, 5) is 0. The first-order chi connectivity index (χ1) is 8.53. The number of hydrogen-bond acceptors (Lipinski definition) is 1. The zero-order chi connectivity index (χ0) is 14.5. The molecule has 0 saturated heterocycles. The quantitative estimate of drug-likeness (QED) is 0.782. The predicted molar refractivity (Wildman–Crippen MR) is 78.7 cm³/mol. The molecule has 0 bridgehead atoms. The zero-order valence-corrected chi connectivity index (χ0v) is 12.9. The first-order valence-electron chi connectivity index (χ1n) is 6.78. The lowest BCUT2D eigenvalue weighted by Gasteiger charge is -2.50. The van der Waals surface area contributed by atoms with E-state index < -0.39 is 5.54 Å². The summed E-state index contributed by atoms with van der Waals surface area (Å²) in [5, 5.41) is 0.416. The highest BCUT2D eigenvalue weighted by Gasteiger charge is 2.47. The molecule has 2 N–H and O–H groups in total. The fourth-order valence-corrected chi connectivity index (χ4v) is 4.43. The van der Waals surface area contributed by atoms with Crippen LogP contribution in [0.1, 0.15) is 52.5 Å². The van der Waals surface area contributed by atoms with Crippen molar-refractivity contribution in [3.8, 4) is 0 Å². The van der Waals surface area contributed by atoms with Gasteiger partial charge in [-0.1, -0.05) is 45.4 Å². The fraction of sp³-hybridized carbons (Fsp3) is 0.625. The highest BCUT2D eigenvalue weighted by Crippen LogP contribution is 2.53. The van der Waals surface area contributed by atoms with Crippen LogP contribution in [-0.4, -0.2) is 0 Å². The molecule has 0 spiro atoms. The normalized spacial score (nSPS) is 24.2. The second kappa shape index (κ2) is 4.46. The summed E-state index contributed by atoms with van der Waals surface area (Å²) in [6.45, 7) is 8.85. The molecule has 3 heteroatoms. The standard InChI is InChI=1S/C16H23ClFN/c1-14(2)8-15(3,4)10-16(19,9-14)12-6-5-11(17)7-13(12)18/h5-7H,8-10,19H2,1-4H3. The second-order valence-corrected chi connectivity index (χ2v) is 8.08. The van der Waals surface area contributed by atoms with Crippen molar-refractivity contribution in [3.05, 3.63) is 34.6 Å². The molecule has 1 aliphatic carbocycles. The molecule has 0 heterocycles. The lowest BCUT2D eigenvalue weighted by molar-refractivity contribution is 0.0454. The van der Waals surface area contributed by atoms with Gasteiger partial charge < -0.3 is 5.73 Å². The van der Waals surface area contributed by atoms with Crippen molar-refractivity contribution >= 4 is 11.6 Å². The van der Waals surface area contributed by atoms with Crippen molar-refractivity contribution in [2.75, 3.05) is 0 Å². The third kappa shape index (κ3) is 3.11. The molecule has 0 aliphatic heterocycles. The topological polar surface area (TPSA) is 26.0 Å². The summed E-state index contributed by atoms with van der Waals surface area (Å²) in [5.74, 6) is -0.288. The summed E-state index contributed by atoms with van der Waals surface area (Å²) in [5.41, 5.74) is 6.81. The van der Waals surface area contributed by atoms with E-state index in [0.29, 0.717) is 10.6 Å². The molecule has 1 aliphatic rings. The van der Waals surface area contributed by atoms with Crippen LogP contribution in [0.3, 0.4) is 0 Å². The van der Waals surface area contributed by atoms with E-state index in [2.05, 4.69) is 27.7 Å². The van der Waals surface area contributed by atoms with Crippen LogP contribution in [0.2, 0.25) is 5.02 Å². The first-order valence-corrected chi connectivity index (χ1v) is 7.15. The van der Waals surface area contributed by atoms with Crippen LogP contribution in [0.25, 0.3) is 0 Å². The van der Waals surface area contributed by atoms with Crippen molar-refractivity contribution in [2.24, 2.45) is 16.6 Å². The Balaban J connectivity index is 2.46. The number of hydrogen-bond donors (Lipinski definition) is 1. The molecule has 1 saturated carbocycles. The molecule has 106 valence electrons. The molecule has 0 aromatic heterocycles. The molecule has 1 aromatic carbocycles. The van der Waals surface area contributed by atoms with Crippen LogP contribution in [-0.2, 0) is 5.54 Å². The minimum Gasteiger partial charge on any atom is -0.321 e. The Labute approximate surface area is 120 Å². The highest BCUT2D eigenvalue weighted by atomic mass is 35.5. The van der Waals surface area contributed by atoms with E-state index in [0.717, 1.165) is 19.3 Å². The first kappa shape index (κ1) is 14.8. The Bertz CT molecular complexity index is 478. The van der Waals surface area contributed by atoms with Crippen molar-refractivity contribution in [1.29, 1.82) is 0 Å². The van der Waals surface area contributed by atoms with Gasteiger partial charge in [-0.05, 0) is 42.2 Å². The van der Waals surface area contributed by atoms with Crippen LogP contribution in [0.5, 0.6) is 0 Å². The average molecular weight is 284 g/mol. The number of nitrogens with two attached hydrogens (primary N) is 1. The Morgan fingerprint density at radius 3 is 2.05 bits per heavy atom. The summed E-state index contributed by atoms with van der Waals surface area (Å²) in [6, 6.07) is 4.83. The summed E-state index contributed by atoms with van der Waals surface area (Å²) in [7, 11) is 0. The Kier molecular flexibility index (Phi) is 3.47. The third-order valence-corrected chi connectivity index (χ3v) is 4.25. The maximum Gasteiger partial charge on any atom is 0.129 e. The maximum atomic E-state index is 14.2.